The zero-order valence-corrected chi connectivity index (χ0v) is 12.3. The van der Waals surface area contributed by atoms with E-state index in [1.165, 1.54) is 0 Å². The molecule has 0 aliphatic rings. The normalized spacial score (nSPS) is 11.9. The van der Waals surface area contributed by atoms with Crippen LogP contribution in [0.1, 0.15) is 18.5 Å². The summed E-state index contributed by atoms with van der Waals surface area (Å²) in [6, 6.07) is 23.2. The van der Waals surface area contributed by atoms with Crippen molar-refractivity contribution < 1.29 is 9.53 Å². The first kappa shape index (κ1) is 14.1. The molecule has 0 saturated heterocycles. The van der Waals surface area contributed by atoms with Crippen LogP contribution in [0.25, 0.3) is 10.8 Å². The lowest BCUT2D eigenvalue weighted by Gasteiger charge is -2.14. The molecule has 110 valence electrons. The molecule has 3 rings (SSSR count). The largest absolute Gasteiger partial charge is 0.413 e. The van der Waals surface area contributed by atoms with Gasteiger partial charge in [-0.15, -0.1) is 0 Å². The van der Waals surface area contributed by atoms with Crippen LogP contribution in [0.2, 0.25) is 0 Å². The molecule has 1 atom stereocenters. The molecule has 0 spiro atoms. The molecule has 0 bridgehead atoms. The Labute approximate surface area is 129 Å². The molecular weight excluding hydrogens is 274 g/mol. The number of carbonyl (C=O) groups excluding carboxylic acids is 1. The molecule has 0 aliphatic carbocycles. The van der Waals surface area contributed by atoms with E-state index >= 15 is 0 Å². The van der Waals surface area contributed by atoms with Crippen LogP contribution in [-0.2, 0) is 0 Å². The lowest BCUT2D eigenvalue weighted by atomic mass is 10.1. The molecule has 1 amide bonds. The molecule has 0 aliphatic heterocycles. The minimum absolute atomic E-state index is 0.108. The van der Waals surface area contributed by atoms with Gasteiger partial charge >= 0.3 is 6.09 Å². The fraction of sp³-hybridized carbons (Fsp3) is 0.105. The smallest absolute Gasteiger partial charge is 0.410 e. The van der Waals surface area contributed by atoms with E-state index in [0.717, 1.165) is 16.3 Å². The number of nitrogens with one attached hydrogen (secondary N) is 1. The Bertz CT molecular complexity index is 778. The zero-order valence-electron chi connectivity index (χ0n) is 12.3. The van der Waals surface area contributed by atoms with Crippen molar-refractivity contribution in [3.8, 4) is 5.75 Å². The topological polar surface area (TPSA) is 38.3 Å². The van der Waals surface area contributed by atoms with Crippen LogP contribution < -0.4 is 10.1 Å². The molecule has 0 saturated carbocycles. The Morgan fingerprint density at radius 2 is 1.59 bits per heavy atom. The van der Waals surface area contributed by atoms with Crippen molar-refractivity contribution in [1.29, 1.82) is 0 Å². The van der Waals surface area contributed by atoms with E-state index in [2.05, 4.69) is 5.32 Å². The summed E-state index contributed by atoms with van der Waals surface area (Å²) in [6.07, 6.45) is -0.451. The quantitative estimate of drug-likeness (QED) is 0.760. The van der Waals surface area contributed by atoms with Gasteiger partial charge in [0.25, 0.3) is 0 Å². The Morgan fingerprint density at radius 3 is 2.41 bits per heavy atom. The summed E-state index contributed by atoms with van der Waals surface area (Å²) in [5.74, 6) is 0.566. The summed E-state index contributed by atoms with van der Waals surface area (Å²) in [6.45, 7) is 1.93. The van der Waals surface area contributed by atoms with Crippen molar-refractivity contribution in [3.05, 3.63) is 78.4 Å². The van der Waals surface area contributed by atoms with Crippen LogP contribution in [0.5, 0.6) is 5.75 Å². The van der Waals surface area contributed by atoms with Crippen molar-refractivity contribution in [2.75, 3.05) is 0 Å². The second-order valence-corrected chi connectivity index (χ2v) is 5.14. The summed E-state index contributed by atoms with van der Waals surface area (Å²) in [5.41, 5.74) is 1.04. The lowest BCUT2D eigenvalue weighted by molar-refractivity contribution is 0.197. The van der Waals surface area contributed by atoms with E-state index in [0.29, 0.717) is 5.75 Å². The first-order valence-corrected chi connectivity index (χ1v) is 7.25. The maximum Gasteiger partial charge on any atom is 0.413 e. The Balaban J connectivity index is 1.74. The fourth-order valence-electron chi connectivity index (χ4n) is 2.42. The van der Waals surface area contributed by atoms with Gasteiger partial charge in [-0.2, -0.15) is 0 Å². The number of benzene rings is 3. The highest BCUT2D eigenvalue weighted by molar-refractivity contribution is 5.90. The van der Waals surface area contributed by atoms with Crippen LogP contribution in [-0.4, -0.2) is 6.09 Å². The highest BCUT2D eigenvalue weighted by atomic mass is 16.6. The lowest BCUT2D eigenvalue weighted by Crippen LogP contribution is -2.29. The van der Waals surface area contributed by atoms with E-state index in [1.54, 1.807) is 6.07 Å². The van der Waals surface area contributed by atoms with Crippen molar-refractivity contribution in [3.63, 3.8) is 0 Å². The van der Waals surface area contributed by atoms with E-state index in [-0.39, 0.29) is 6.04 Å². The van der Waals surface area contributed by atoms with Gasteiger partial charge in [0, 0.05) is 5.39 Å². The summed E-state index contributed by atoms with van der Waals surface area (Å²) >= 11 is 0. The van der Waals surface area contributed by atoms with Gasteiger partial charge in [-0.25, -0.2) is 4.79 Å². The number of fused-ring (bicyclic) bond motifs is 1. The first-order chi connectivity index (χ1) is 10.7. The number of rotatable bonds is 3. The highest BCUT2D eigenvalue weighted by Crippen LogP contribution is 2.25. The van der Waals surface area contributed by atoms with Crippen molar-refractivity contribution in [2.45, 2.75) is 13.0 Å². The first-order valence-electron chi connectivity index (χ1n) is 7.25. The molecule has 3 nitrogen and oxygen atoms in total. The maximum atomic E-state index is 12.1. The van der Waals surface area contributed by atoms with Crippen molar-refractivity contribution >= 4 is 16.9 Å². The minimum atomic E-state index is -0.451. The Hall–Kier alpha value is -2.81. The third kappa shape index (κ3) is 3.09. The van der Waals surface area contributed by atoms with Gasteiger partial charge in [0.1, 0.15) is 5.75 Å². The molecule has 3 heteroatoms. The maximum absolute atomic E-state index is 12.1. The van der Waals surface area contributed by atoms with Gasteiger partial charge < -0.3 is 10.1 Å². The van der Waals surface area contributed by atoms with Gasteiger partial charge in [0.15, 0.2) is 0 Å². The van der Waals surface area contributed by atoms with Crippen LogP contribution in [0.3, 0.4) is 0 Å². The van der Waals surface area contributed by atoms with E-state index in [1.807, 2.05) is 73.7 Å². The van der Waals surface area contributed by atoms with Gasteiger partial charge in [-0.05, 0) is 23.9 Å². The van der Waals surface area contributed by atoms with Gasteiger partial charge in [-0.3, -0.25) is 0 Å². The van der Waals surface area contributed by atoms with E-state index in [9.17, 15) is 4.79 Å². The van der Waals surface area contributed by atoms with E-state index < -0.39 is 6.09 Å². The molecule has 22 heavy (non-hydrogen) atoms. The number of carbonyl (C=O) groups is 1. The second-order valence-electron chi connectivity index (χ2n) is 5.14. The Kier molecular flexibility index (Phi) is 4.05. The van der Waals surface area contributed by atoms with Crippen molar-refractivity contribution in [1.82, 2.24) is 5.32 Å². The van der Waals surface area contributed by atoms with Gasteiger partial charge in [0.05, 0.1) is 6.04 Å². The zero-order chi connectivity index (χ0) is 15.4. The van der Waals surface area contributed by atoms with Crippen molar-refractivity contribution in [2.24, 2.45) is 0 Å². The summed E-state index contributed by atoms with van der Waals surface area (Å²) in [7, 11) is 0. The van der Waals surface area contributed by atoms with Crippen LogP contribution in [0.4, 0.5) is 4.79 Å². The third-order valence-electron chi connectivity index (χ3n) is 3.59. The second kappa shape index (κ2) is 6.31. The van der Waals surface area contributed by atoms with Crippen LogP contribution in [0.15, 0.2) is 72.8 Å². The summed E-state index contributed by atoms with van der Waals surface area (Å²) < 4.78 is 5.47. The Morgan fingerprint density at radius 1 is 0.909 bits per heavy atom. The predicted molar refractivity (Wildman–Crippen MR) is 88.0 cm³/mol. The standard InChI is InChI=1S/C19H17NO2/c1-14(15-8-3-2-4-9-15)20-19(21)22-18-13-7-11-16-10-5-6-12-17(16)18/h2-14H,1H3,(H,20,21)/t14-/m0/s1. The minimum Gasteiger partial charge on any atom is -0.410 e. The van der Waals surface area contributed by atoms with E-state index in [4.69, 9.17) is 4.74 Å². The molecule has 0 unspecified atom stereocenters. The SMILES string of the molecule is C[C@H](NC(=O)Oc1cccc2ccccc12)c1ccccc1. The average Bonchev–Trinajstić information content (AvgIpc) is 2.56. The highest BCUT2D eigenvalue weighted by Gasteiger charge is 2.12. The summed E-state index contributed by atoms with van der Waals surface area (Å²) in [4.78, 5) is 12.1. The van der Waals surface area contributed by atoms with Gasteiger partial charge in [0.2, 0.25) is 0 Å². The van der Waals surface area contributed by atoms with Crippen LogP contribution >= 0.6 is 0 Å². The van der Waals surface area contributed by atoms with Gasteiger partial charge in [-0.1, -0.05) is 66.7 Å². The number of ether oxygens (including phenoxy) is 1. The fourth-order valence-corrected chi connectivity index (χ4v) is 2.42. The predicted octanol–water partition coefficient (Wildman–Crippen LogP) is 4.69. The molecule has 3 aromatic rings. The molecule has 0 fully saturated rings. The number of hydrogen-bond acceptors (Lipinski definition) is 2. The number of hydrogen-bond donors (Lipinski definition) is 1. The molecule has 0 radical (unpaired) electrons. The molecule has 1 N–H and O–H groups in total. The van der Waals surface area contributed by atoms with Crippen LogP contribution in [0, 0.1) is 0 Å². The molecule has 3 aromatic carbocycles. The molecule has 0 aromatic heterocycles. The monoisotopic (exact) mass is 291 g/mol. The number of amides is 1. The molecule has 0 heterocycles. The third-order valence-corrected chi connectivity index (χ3v) is 3.59. The average molecular weight is 291 g/mol. The molecular formula is C19H17NO2. The summed E-state index contributed by atoms with van der Waals surface area (Å²) in [5, 5.41) is 4.82.